The lowest BCUT2D eigenvalue weighted by Gasteiger charge is -2.13. The molecule has 0 bridgehead atoms. The van der Waals surface area contributed by atoms with Gasteiger partial charge < -0.3 is 19.8 Å². The predicted octanol–water partition coefficient (Wildman–Crippen LogP) is 2.44. The van der Waals surface area contributed by atoms with Crippen molar-refractivity contribution in [2.45, 2.75) is 19.4 Å². The average molecular weight is 395 g/mol. The number of amides is 1. The van der Waals surface area contributed by atoms with Crippen molar-refractivity contribution in [3.63, 3.8) is 0 Å². The molecule has 12 heteroatoms. The summed E-state index contributed by atoms with van der Waals surface area (Å²) in [5.41, 5.74) is 0.693. The molecule has 0 aliphatic rings. The number of benzene rings is 1. The summed E-state index contributed by atoms with van der Waals surface area (Å²) in [4.78, 5) is 38.8. The van der Waals surface area contributed by atoms with E-state index >= 15 is 0 Å². The summed E-state index contributed by atoms with van der Waals surface area (Å²) in [5, 5.41) is 2.48. The third-order valence-corrected chi connectivity index (χ3v) is 3.44. The van der Waals surface area contributed by atoms with Crippen molar-refractivity contribution in [3.05, 3.63) is 42.5 Å². The molecule has 0 aliphatic heterocycles. The summed E-state index contributed by atoms with van der Waals surface area (Å²) in [6.07, 6.45) is -3.45. The number of imidazole rings is 1. The third kappa shape index (κ3) is 4.52. The predicted molar refractivity (Wildman–Crippen MR) is 88.3 cm³/mol. The molecular formula is C16H12F3N5O4. The fourth-order valence-electron chi connectivity index (χ4n) is 2.15. The average Bonchev–Trinajstić information content (AvgIpc) is 3.10. The number of aromatic nitrogens is 4. The standard InChI is InChI=1S/C16H12F3N5O4/c1-8(14(25)24-13-11-12(21-6-20-11)22-7-23-13)27-15(26)9-2-4-10(5-3-9)28-16(17,18)19/h2-8H,1H3,(H2,20,21,22,23,24,25). The van der Waals surface area contributed by atoms with Gasteiger partial charge in [-0.05, 0) is 31.2 Å². The van der Waals surface area contributed by atoms with Crippen LogP contribution >= 0.6 is 0 Å². The maximum atomic E-state index is 12.2. The van der Waals surface area contributed by atoms with E-state index in [0.717, 1.165) is 24.3 Å². The van der Waals surface area contributed by atoms with Crippen LogP contribution in [0.5, 0.6) is 5.75 Å². The van der Waals surface area contributed by atoms with Gasteiger partial charge in [0.05, 0.1) is 11.9 Å². The van der Waals surface area contributed by atoms with Gasteiger partial charge in [-0.1, -0.05) is 0 Å². The number of halogens is 3. The number of fused-ring (bicyclic) bond motifs is 1. The van der Waals surface area contributed by atoms with Crippen LogP contribution in [0.3, 0.4) is 0 Å². The second kappa shape index (κ2) is 7.50. The van der Waals surface area contributed by atoms with Gasteiger partial charge in [-0.3, -0.25) is 4.79 Å². The van der Waals surface area contributed by atoms with Crippen molar-refractivity contribution in [1.29, 1.82) is 0 Å². The van der Waals surface area contributed by atoms with Crippen LogP contribution in [-0.4, -0.2) is 44.3 Å². The summed E-state index contributed by atoms with van der Waals surface area (Å²) >= 11 is 0. The fraction of sp³-hybridized carbons (Fsp3) is 0.188. The Hall–Kier alpha value is -3.70. The minimum absolute atomic E-state index is 0.0489. The fourth-order valence-corrected chi connectivity index (χ4v) is 2.15. The number of aromatic amines is 1. The Bertz CT molecular complexity index is 1000. The van der Waals surface area contributed by atoms with E-state index in [0.29, 0.717) is 11.2 Å². The highest BCUT2D eigenvalue weighted by Gasteiger charge is 2.31. The summed E-state index contributed by atoms with van der Waals surface area (Å²) < 4.78 is 45.2. The van der Waals surface area contributed by atoms with Gasteiger partial charge in [0, 0.05) is 0 Å². The number of esters is 1. The lowest BCUT2D eigenvalue weighted by atomic mass is 10.2. The quantitative estimate of drug-likeness (QED) is 0.637. The summed E-state index contributed by atoms with van der Waals surface area (Å²) in [6, 6.07) is 4.11. The minimum Gasteiger partial charge on any atom is -0.449 e. The molecule has 2 N–H and O–H groups in total. The zero-order valence-corrected chi connectivity index (χ0v) is 14.1. The Morgan fingerprint density at radius 3 is 2.54 bits per heavy atom. The Labute approximate surface area is 154 Å². The van der Waals surface area contributed by atoms with E-state index in [-0.39, 0.29) is 11.4 Å². The maximum absolute atomic E-state index is 12.2. The molecule has 0 fully saturated rings. The van der Waals surface area contributed by atoms with Crippen LogP contribution in [0, 0.1) is 0 Å². The van der Waals surface area contributed by atoms with Crippen molar-refractivity contribution in [2.75, 3.05) is 5.32 Å². The van der Waals surface area contributed by atoms with Crippen molar-refractivity contribution in [1.82, 2.24) is 19.9 Å². The van der Waals surface area contributed by atoms with Crippen LogP contribution in [-0.2, 0) is 9.53 Å². The van der Waals surface area contributed by atoms with Crippen LogP contribution in [0.25, 0.3) is 11.2 Å². The Balaban J connectivity index is 1.62. The molecule has 0 aliphatic carbocycles. The highest BCUT2D eigenvalue weighted by atomic mass is 19.4. The smallest absolute Gasteiger partial charge is 0.449 e. The first kappa shape index (κ1) is 19.1. The first-order valence-corrected chi connectivity index (χ1v) is 7.74. The lowest BCUT2D eigenvalue weighted by Crippen LogP contribution is -2.30. The molecule has 0 saturated carbocycles. The van der Waals surface area contributed by atoms with Gasteiger partial charge in [0.2, 0.25) is 0 Å². The van der Waals surface area contributed by atoms with Gasteiger partial charge in [0.15, 0.2) is 17.6 Å². The van der Waals surface area contributed by atoms with Gasteiger partial charge in [0.25, 0.3) is 5.91 Å². The molecule has 3 aromatic rings. The number of alkyl halides is 3. The number of hydrogen-bond donors (Lipinski definition) is 2. The van der Waals surface area contributed by atoms with Crippen LogP contribution in [0.1, 0.15) is 17.3 Å². The van der Waals surface area contributed by atoms with Crippen LogP contribution in [0.15, 0.2) is 36.9 Å². The van der Waals surface area contributed by atoms with Crippen LogP contribution in [0.4, 0.5) is 19.0 Å². The monoisotopic (exact) mass is 395 g/mol. The SMILES string of the molecule is CC(OC(=O)c1ccc(OC(F)(F)F)cc1)C(=O)Nc1ncnc2nc[nH]c12. The van der Waals surface area contributed by atoms with E-state index in [4.69, 9.17) is 4.74 Å². The van der Waals surface area contributed by atoms with Gasteiger partial charge >= 0.3 is 12.3 Å². The van der Waals surface area contributed by atoms with E-state index in [2.05, 4.69) is 30.0 Å². The number of carbonyl (C=O) groups excluding carboxylic acids is 2. The molecule has 146 valence electrons. The summed E-state index contributed by atoms with van der Waals surface area (Å²) in [6.45, 7) is 1.33. The first-order chi connectivity index (χ1) is 13.2. The number of nitrogens with zero attached hydrogens (tertiary/aromatic N) is 3. The van der Waals surface area contributed by atoms with Crippen molar-refractivity contribution in [2.24, 2.45) is 0 Å². The molecular weight excluding hydrogens is 383 g/mol. The molecule has 0 saturated heterocycles. The Morgan fingerprint density at radius 1 is 1.14 bits per heavy atom. The van der Waals surface area contributed by atoms with Crippen molar-refractivity contribution < 1.29 is 32.2 Å². The molecule has 1 aromatic carbocycles. The van der Waals surface area contributed by atoms with Gasteiger partial charge in [-0.25, -0.2) is 19.7 Å². The number of H-pyrrole nitrogens is 1. The first-order valence-electron chi connectivity index (χ1n) is 7.74. The van der Waals surface area contributed by atoms with Gasteiger partial charge in [0.1, 0.15) is 17.6 Å². The highest BCUT2D eigenvalue weighted by Crippen LogP contribution is 2.23. The molecule has 3 rings (SSSR count). The van der Waals surface area contributed by atoms with E-state index in [1.807, 2.05) is 0 Å². The zero-order chi connectivity index (χ0) is 20.3. The van der Waals surface area contributed by atoms with E-state index < -0.39 is 30.1 Å². The molecule has 1 atom stereocenters. The number of carbonyl (C=O) groups is 2. The van der Waals surface area contributed by atoms with Crippen molar-refractivity contribution in [3.8, 4) is 5.75 Å². The van der Waals surface area contributed by atoms with E-state index in [9.17, 15) is 22.8 Å². The second-order valence-corrected chi connectivity index (χ2v) is 5.43. The molecule has 28 heavy (non-hydrogen) atoms. The Morgan fingerprint density at radius 2 is 1.86 bits per heavy atom. The third-order valence-electron chi connectivity index (χ3n) is 3.44. The van der Waals surface area contributed by atoms with E-state index in [1.165, 1.54) is 19.6 Å². The molecule has 1 amide bonds. The normalized spacial score (nSPS) is 12.4. The summed E-state index contributed by atoms with van der Waals surface area (Å²) in [7, 11) is 0. The summed E-state index contributed by atoms with van der Waals surface area (Å²) in [5.74, 6) is -1.89. The van der Waals surface area contributed by atoms with Crippen LogP contribution in [0.2, 0.25) is 0 Å². The zero-order valence-electron chi connectivity index (χ0n) is 14.1. The molecule has 9 nitrogen and oxygen atoms in total. The van der Waals surface area contributed by atoms with Crippen LogP contribution < -0.4 is 10.1 Å². The maximum Gasteiger partial charge on any atom is 0.573 e. The number of hydrogen-bond acceptors (Lipinski definition) is 7. The second-order valence-electron chi connectivity index (χ2n) is 5.43. The topological polar surface area (TPSA) is 119 Å². The lowest BCUT2D eigenvalue weighted by molar-refractivity contribution is -0.274. The molecule has 1 unspecified atom stereocenters. The number of nitrogens with one attached hydrogen (secondary N) is 2. The van der Waals surface area contributed by atoms with Crippen molar-refractivity contribution >= 4 is 28.9 Å². The number of ether oxygens (including phenoxy) is 2. The molecule has 0 radical (unpaired) electrons. The van der Waals surface area contributed by atoms with Gasteiger partial charge in [-0.15, -0.1) is 13.2 Å². The largest absolute Gasteiger partial charge is 0.573 e. The Kier molecular flexibility index (Phi) is 5.11. The number of rotatable bonds is 5. The number of anilines is 1. The molecule has 0 spiro atoms. The van der Waals surface area contributed by atoms with Gasteiger partial charge in [-0.2, -0.15) is 0 Å². The minimum atomic E-state index is -4.84. The highest BCUT2D eigenvalue weighted by molar-refractivity contribution is 6.00. The molecule has 2 aromatic heterocycles. The van der Waals surface area contributed by atoms with E-state index in [1.54, 1.807) is 0 Å². The molecule has 2 heterocycles.